The summed E-state index contributed by atoms with van der Waals surface area (Å²) >= 11 is 0. The summed E-state index contributed by atoms with van der Waals surface area (Å²) in [7, 11) is 2.20. The normalized spacial score (nSPS) is 15.5. The molecule has 1 aromatic carbocycles. The van der Waals surface area contributed by atoms with Crippen LogP contribution in [0.15, 0.2) is 35.3 Å². The van der Waals surface area contributed by atoms with Gasteiger partial charge in [0, 0.05) is 0 Å². The van der Waals surface area contributed by atoms with Crippen molar-refractivity contribution >= 4 is 17.2 Å². The minimum atomic E-state index is 0.974. The standard InChI is InChI=1S/C21H34N3/c1-4-6-7-8-9-13-16-24-18-17-23(3)21(24)20(5-2)22-19-14-11-10-12-15-19/h10-12,14-15H,4-9,13,16-18H2,1-3H3/q+1/b22-20+. The van der Waals surface area contributed by atoms with Crippen LogP contribution < -0.4 is 0 Å². The van der Waals surface area contributed by atoms with Gasteiger partial charge >= 0.3 is 0 Å². The third kappa shape index (κ3) is 5.47. The number of hydrogen-bond donors (Lipinski definition) is 0. The van der Waals surface area contributed by atoms with E-state index in [0.29, 0.717) is 0 Å². The van der Waals surface area contributed by atoms with Gasteiger partial charge in [-0.2, -0.15) is 0 Å². The van der Waals surface area contributed by atoms with Crippen molar-refractivity contribution < 1.29 is 4.58 Å². The minimum Gasteiger partial charge on any atom is -0.259 e. The summed E-state index contributed by atoms with van der Waals surface area (Å²) in [6, 6.07) is 10.3. The maximum absolute atomic E-state index is 4.92. The molecule has 0 saturated heterocycles. The minimum absolute atomic E-state index is 0.974. The Kier molecular flexibility index (Phi) is 8.00. The van der Waals surface area contributed by atoms with Crippen LogP contribution in [0.5, 0.6) is 0 Å². The Morgan fingerprint density at radius 1 is 1.04 bits per heavy atom. The van der Waals surface area contributed by atoms with E-state index >= 15 is 0 Å². The molecule has 0 bridgehead atoms. The molecule has 0 unspecified atom stereocenters. The topological polar surface area (TPSA) is 18.6 Å². The fraction of sp³-hybridized carbons (Fsp3) is 0.619. The molecule has 0 saturated carbocycles. The molecule has 0 amide bonds. The van der Waals surface area contributed by atoms with Crippen molar-refractivity contribution in [3.05, 3.63) is 30.3 Å². The Morgan fingerprint density at radius 2 is 1.75 bits per heavy atom. The molecule has 1 heterocycles. The summed E-state index contributed by atoms with van der Waals surface area (Å²) in [6.07, 6.45) is 9.10. The summed E-state index contributed by atoms with van der Waals surface area (Å²) in [6.45, 7) is 7.90. The zero-order chi connectivity index (χ0) is 17.2. The summed E-state index contributed by atoms with van der Waals surface area (Å²) in [4.78, 5) is 7.30. The highest BCUT2D eigenvalue weighted by molar-refractivity contribution is 6.39. The lowest BCUT2D eigenvalue weighted by Crippen LogP contribution is -2.33. The summed E-state index contributed by atoms with van der Waals surface area (Å²) in [5.74, 6) is 1.34. The number of likely N-dealkylation sites (N-methyl/N-ethyl adjacent to an activating group) is 1. The number of benzene rings is 1. The predicted molar refractivity (Wildman–Crippen MR) is 105 cm³/mol. The van der Waals surface area contributed by atoms with Gasteiger partial charge in [-0.1, -0.05) is 57.7 Å². The van der Waals surface area contributed by atoms with Crippen molar-refractivity contribution in [2.24, 2.45) is 4.99 Å². The number of para-hydroxylation sites is 1. The number of rotatable bonds is 10. The third-order valence-electron chi connectivity index (χ3n) is 4.76. The van der Waals surface area contributed by atoms with Gasteiger partial charge in [-0.3, -0.25) is 9.48 Å². The fourth-order valence-electron chi connectivity index (χ4n) is 3.37. The first kappa shape index (κ1) is 18.7. The molecule has 1 aliphatic rings. The fourth-order valence-corrected chi connectivity index (χ4v) is 3.37. The van der Waals surface area contributed by atoms with Crippen LogP contribution in [-0.2, 0) is 0 Å². The molecular weight excluding hydrogens is 294 g/mol. The molecule has 0 radical (unpaired) electrons. The van der Waals surface area contributed by atoms with Crippen LogP contribution in [0, 0.1) is 0 Å². The highest BCUT2D eigenvalue weighted by atomic mass is 15.3. The van der Waals surface area contributed by atoms with Gasteiger partial charge < -0.3 is 0 Å². The van der Waals surface area contributed by atoms with E-state index in [0.717, 1.165) is 25.2 Å². The number of nitrogens with zero attached hydrogens (tertiary/aromatic N) is 3. The Labute approximate surface area is 148 Å². The monoisotopic (exact) mass is 328 g/mol. The molecule has 0 aliphatic carbocycles. The van der Waals surface area contributed by atoms with Gasteiger partial charge in [0.05, 0.1) is 19.3 Å². The van der Waals surface area contributed by atoms with Gasteiger partial charge in [0.1, 0.15) is 18.8 Å². The number of amidine groups is 1. The Morgan fingerprint density at radius 3 is 2.46 bits per heavy atom. The molecule has 0 aromatic heterocycles. The van der Waals surface area contributed by atoms with Crippen LogP contribution >= 0.6 is 0 Å². The maximum Gasteiger partial charge on any atom is 0.293 e. The van der Waals surface area contributed by atoms with Crippen LogP contribution in [0.1, 0.15) is 58.8 Å². The van der Waals surface area contributed by atoms with Crippen molar-refractivity contribution in [2.75, 3.05) is 26.7 Å². The molecule has 132 valence electrons. The first-order valence-electron chi connectivity index (χ1n) is 9.72. The molecule has 2 rings (SSSR count). The van der Waals surface area contributed by atoms with Gasteiger partial charge in [0.15, 0.2) is 0 Å². The van der Waals surface area contributed by atoms with Gasteiger partial charge in [-0.15, -0.1) is 0 Å². The zero-order valence-corrected chi connectivity index (χ0v) is 15.8. The largest absolute Gasteiger partial charge is 0.293 e. The van der Waals surface area contributed by atoms with Crippen molar-refractivity contribution in [1.29, 1.82) is 0 Å². The first-order chi connectivity index (χ1) is 11.8. The quantitative estimate of drug-likeness (QED) is 0.340. The average molecular weight is 329 g/mol. The van der Waals surface area contributed by atoms with E-state index in [2.05, 4.69) is 54.6 Å². The van der Waals surface area contributed by atoms with Crippen molar-refractivity contribution in [3.63, 3.8) is 0 Å². The molecule has 3 nitrogen and oxygen atoms in total. The lowest BCUT2D eigenvalue weighted by Gasteiger charge is -2.10. The zero-order valence-electron chi connectivity index (χ0n) is 15.8. The molecule has 0 atom stereocenters. The molecule has 0 fully saturated rings. The highest BCUT2D eigenvalue weighted by Gasteiger charge is 2.30. The van der Waals surface area contributed by atoms with Crippen molar-refractivity contribution in [1.82, 2.24) is 4.90 Å². The average Bonchev–Trinajstić information content (AvgIpc) is 2.97. The second-order valence-corrected chi connectivity index (χ2v) is 6.75. The molecule has 0 spiro atoms. The van der Waals surface area contributed by atoms with Crippen molar-refractivity contribution in [3.8, 4) is 0 Å². The molecule has 1 aromatic rings. The van der Waals surface area contributed by atoms with E-state index in [9.17, 15) is 0 Å². The van der Waals surface area contributed by atoms with E-state index in [1.807, 2.05) is 6.07 Å². The second kappa shape index (κ2) is 10.3. The van der Waals surface area contributed by atoms with Gasteiger partial charge in [0.25, 0.3) is 5.84 Å². The van der Waals surface area contributed by atoms with Crippen LogP contribution in [0.25, 0.3) is 0 Å². The summed E-state index contributed by atoms with van der Waals surface area (Å²) in [5, 5.41) is 0. The van der Waals surface area contributed by atoms with Crippen molar-refractivity contribution in [2.45, 2.75) is 58.8 Å². The second-order valence-electron chi connectivity index (χ2n) is 6.75. The summed E-state index contributed by atoms with van der Waals surface area (Å²) < 4.78 is 2.55. The van der Waals surface area contributed by atoms with Crippen LogP contribution in [0.3, 0.4) is 0 Å². The third-order valence-corrected chi connectivity index (χ3v) is 4.76. The van der Waals surface area contributed by atoms with Gasteiger partial charge in [-0.05, 0) is 31.4 Å². The smallest absolute Gasteiger partial charge is 0.259 e. The Hall–Kier alpha value is -1.64. The lowest BCUT2D eigenvalue weighted by atomic mass is 10.1. The lowest BCUT2D eigenvalue weighted by molar-refractivity contribution is -0.517. The predicted octanol–water partition coefficient (Wildman–Crippen LogP) is 4.89. The Balaban J connectivity index is 2.03. The molecule has 1 aliphatic heterocycles. The van der Waals surface area contributed by atoms with Gasteiger partial charge in [0.2, 0.25) is 0 Å². The van der Waals surface area contributed by atoms with E-state index in [1.54, 1.807) is 0 Å². The van der Waals surface area contributed by atoms with E-state index in [1.165, 1.54) is 56.6 Å². The van der Waals surface area contributed by atoms with Gasteiger partial charge in [-0.25, -0.2) is 4.99 Å². The molecule has 0 N–H and O–H groups in total. The number of unbranched alkanes of at least 4 members (excludes halogenated alkanes) is 5. The van der Waals surface area contributed by atoms with Crippen LogP contribution in [-0.4, -0.2) is 47.7 Å². The molecule has 3 heteroatoms. The van der Waals surface area contributed by atoms with Crippen LogP contribution in [0.4, 0.5) is 5.69 Å². The highest BCUT2D eigenvalue weighted by Crippen LogP contribution is 2.14. The summed E-state index contributed by atoms with van der Waals surface area (Å²) in [5.41, 5.74) is 2.27. The van der Waals surface area contributed by atoms with Crippen LogP contribution in [0.2, 0.25) is 0 Å². The molecule has 24 heavy (non-hydrogen) atoms. The Bertz CT molecular complexity index is 545. The number of hydrogen-bond acceptors (Lipinski definition) is 2. The molecular formula is C21H34N3+. The van der Waals surface area contributed by atoms with E-state index in [-0.39, 0.29) is 0 Å². The number of aliphatic imine (C=N–C) groups is 1. The SMILES string of the molecule is CCCCCCCC[N+]1=C(/C(CC)=N/c2ccccc2)N(C)CC1. The maximum atomic E-state index is 4.92. The van der Waals surface area contributed by atoms with E-state index in [4.69, 9.17) is 4.99 Å². The van der Waals surface area contributed by atoms with E-state index < -0.39 is 0 Å². The first-order valence-corrected chi connectivity index (χ1v) is 9.72.